The predicted molar refractivity (Wildman–Crippen MR) is 140 cm³/mol. The van der Waals surface area contributed by atoms with Crippen LogP contribution in [0, 0.1) is 5.82 Å². The van der Waals surface area contributed by atoms with Gasteiger partial charge in [0, 0.05) is 11.1 Å². The highest BCUT2D eigenvalue weighted by Crippen LogP contribution is 2.32. The molecule has 0 unspecified atom stereocenters. The van der Waals surface area contributed by atoms with E-state index >= 15 is 0 Å². The molecule has 0 saturated heterocycles. The van der Waals surface area contributed by atoms with Crippen LogP contribution in [-0.4, -0.2) is 39.6 Å². The summed E-state index contributed by atoms with van der Waals surface area (Å²) >= 11 is 0.716. The monoisotopic (exact) mass is 527 g/mol. The minimum atomic E-state index is -1.18. The summed E-state index contributed by atoms with van der Waals surface area (Å²) in [6, 6.07) is 11.2. The van der Waals surface area contributed by atoms with E-state index < -0.39 is 35.1 Å². The molecule has 0 fully saturated rings. The number of hydrogen-bond donors (Lipinski definition) is 3. The van der Waals surface area contributed by atoms with Crippen molar-refractivity contribution in [2.24, 2.45) is 5.73 Å². The van der Waals surface area contributed by atoms with E-state index in [-0.39, 0.29) is 22.8 Å². The van der Waals surface area contributed by atoms with Crippen LogP contribution in [-0.2, 0) is 11.3 Å². The van der Waals surface area contributed by atoms with Gasteiger partial charge in [0.2, 0.25) is 5.91 Å². The number of primary amides is 1. The number of rotatable bonds is 10. The van der Waals surface area contributed by atoms with Gasteiger partial charge in [-0.15, -0.1) is 0 Å². The third-order valence-electron chi connectivity index (χ3n) is 6.04. The fourth-order valence-corrected chi connectivity index (χ4v) is 4.43. The highest BCUT2D eigenvalue weighted by Gasteiger charge is 2.37. The zero-order valence-corrected chi connectivity index (χ0v) is 21.9. The Morgan fingerprint density at radius 1 is 1.16 bits per heavy atom. The third-order valence-corrected chi connectivity index (χ3v) is 6.89. The van der Waals surface area contributed by atoms with E-state index in [1.165, 1.54) is 36.3 Å². The molecular formula is C26H30FN5O4S. The predicted octanol–water partition coefficient (Wildman–Crippen LogP) is 3.66. The number of benzene rings is 2. The lowest BCUT2D eigenvalue weighted by Crippen LogP contribution is -2.50. The molecule has 196 valence electrons. The van der Waals surface area contributed by atoms with Gasteiger partial charge in [0.1, 0.15) is 22.5 Å². The Hall–Kier alpha value is -3.99. The molecule has 0 bridgehead atoms. The molecular weight excluding hydrogens is 497 g/mol. The summed E-state index contributed by atoms with van der Waals surface area (Å²) in [5, 5.41) is 2.98. The SMILES string of the molecule is CCC(C)(C)NC(=O)[C@@H](c1ccc(F)cc1)N(Cc1ccccc1OC)C(=O)c1snc(C(N)=O)c1N. The standard InChI is InChI=1S/C26H30FN5O4S/c1-5-26(2,3)30-24(34)21(15-10-12-17(27)13-11-15)32(14-16-8-6-7-9-18(16)36-4)25(35)22-19(28)20(23(29)33)31-37-22/h6-13,21H,5,14,28H2,1-4H3,(H2,29,33)(H,30,34)/t21-/m1/s1. The Labute approximate surface area is 218 Å². The molecule has 3 aromatic rings. The summed E-state index contributed by atoms with van der Waals surface area (Å²) in [7, 11) is 1.50. The van der Waals surface area contributed by atoms with Crippen LogP contribution in [0.25, 0.3) is 0 Å². The van der Waals surface area contributed by atoms with Gasteiger partial charge in [0.15, 0.2) is 5.69 Å². The van der Waals surface area contributed by atoms with Gasteiger partial charge in [0.05, 0.1) is 19.3 Å². The van der Waals surface area contributed by atoms with Gasteiger partial charge >= 0.3 is 0 Å². The molecule has 1 atom stereocenters. The molecule has 11 heteroatoms. The van der Waals surface area contributed by atoms with Crippen LogP contribution >= 0.6 is 11.5 Å². The average Bonchev–Trinajstić information content (AvgIpc) is 3.25. The number of nitrogen functional groups attached to an aromatic ring is 1. The van der Waals surface area contributed by atoms with Crippen molar-refractivity contribution in [1.82, 2.24) is 14.6 Å². The minimum Gasteiger partial charge on any atom is -0.496 e. The van der Waals surface area contributed by atoms with E-state index in [4.69, 9.17) is 16.2 Å². The lowest BCUT2D eigenvalue weighted by molar-refractivity contribution is -0.127. The van der Waals surface area contributed by atoms with Crippen LogP contribution in [0.2, 0.25) is 0 Å². The number of nitrogens with two attached hydrogens (primary N) is 2. The van der Waals surface area contributed by atoms with E-state index in [0.29, 0.717) is 34.8 Å². The van der Waals surface area contributed by atoms with E-state index in [2.05, 4.69) is 9.69 Å². The maximum absolute atomic E-state index is 14.0. The van der Waals surface area contributed by atoms with E-state index in [0.717, 1.165) is 0 Å². The van der Waals surface area contributed by atoms with E-state index in [1.54, 1.807) is 24.3 Å². The van der Waals surface area contributed by atoms with Crippen LogP contribution < -0.4 is 21.5 Å². The first kappa shape index (κ1) is 27.6. The van der Waals surface area contributed by atoms with Gasteiger partial charge in [-0.05, 0) is 55.6 Å². The quantitative estimate of drug-likeness (QED) is 0.368. The van der Waals surface area contributed by atoms with Gasteiger partial charge in [-0.2, -0.15) is 4.37 Å². The van der Waals surface area contributed by atoms with Crippen molar-refractivity contribution < 1.29 is 23.5 Å². The number of hydrogen-bond acceptors (Lipinski definition) is 7. The maximum atomic E-state index is 14.0. The first-order chi connectivity index (χ1) is 17.5. The highest BCUT2D eigenvalue weighted by atomic mass is 32.1. The Balaban J connectivity index is 2.20. The normalized spacial score (nSPS) is 12.0. The fourth-order valence-electron chi connectivity index (χ4n) is 3.67. The van der Waals surface area contributed by atoms with Gasteiger partial charge in [-0.25, -0.2) is 4.39 Å². The first-order valence-electron chi connectivity index (χ1n) is 11.5. The van der Waals surface area contributed by atoms with E-state index in [1.807, 2.05) is 20.8 Å². The lowest BCUT2D eigenvalue weighted by atomic mass is 9.98. The van der Waals surface area contributed by atoms with Crippen molar-refractivity contribution >= 4 is 34.9 Å². The van der Waals surface area contributed by atoms with Crippen LogP contribution in [0.3, 0.4) is 0 Å². The third kappa shape index (κ3) is 6.23. The summed E-state index contributed by atoms with van der Waals surface area (Å²) < 4.78 is 23.2. The number of carbonyl (C=O) groups is 3. The molecule has 1 heterocycles. The van der Waals surface area contributed by atoms with Crippen molar-refractivity contribution in [3.05, 3.63) is 76.0 Å². The largest absolute Gasteiger partial charge is 0.496 e. The second-order valence-electron chi connectivity index (χ2n) is 9.06. The Morgan fingerprint density at radius 2 is 1.81 bits per heavy atom. The molecule has 9 nitrogen and oxygen atoms in total. The summed E-state index contributed by atoms with van der Waals surface area (Å²) in [5.74, 6) is -1.98. The zero-order valence-electron chi connectivity index (χ0n) is 21.1. The van der Waals surface area contributed by atoms with Crippen LogP contribution in [0.5, 0.6) is 5.75 Å². The molecule has 0 radical (unpaired) electrons. The highest BCUT2D eigenvalue weighted by molar-refractivity contribution is 7.09. The number of methoxy groups -OCH3 is 1. The molecule has 3 amide bonds. The van der Waals surface area contributed by atoms with Crippen molar-refractivity contribution in [2.45, 2.75) is 45.3 Å². The smallest absolute Gasteiger partial charge is 0.270 e. The summed E-state index contributed by atoms with van der Waals surface area (Å²) in [6.07, 6.45) is 0.624. The molecule has 37 heavy (non-hydrogen) atoms. The fraction of sp³-hybridized carbons (Fsp3) is 0.308. The first-order valence-corrected chi connectivity index (χ1v) is 12.3. The Kier molecular flexibility index (Phi) is 8.49. The van der Waals surface area contributed by atoms with Crippen molar-refractivity contribution in [3.8, 4) is 5.75 Å². The van der Waals surface area contributed by atoms with Crippen molar-refractivity contribution in [3.63, 3.8) is 0 Å². The molecule has 0 spiro atoms. The topological polar surface area (TPSA) is 141 Å². The van der Waals surface area contributed by atoms with Gasteiger partial charge < -0.3 is 26.4 Å². The molecule has 0 aliphatic heterocycles. The summed E-state index contributed by atoms with van der Waals surface area (Å²) in [6.45, 7) is 5.58. The van der Waals surface area contributed by atoms with Crippen LogP contribution in [0.4, 0.5) is 10.1 Å². The second-order valence-corrected chi connectivity index (χ2v) is 9.84. The molecule has 5 N–H and O–H groups in total. The molecule has 2 aromatic carbocycles. The Bertz CT molecular complexity index is 1290. The van der Waals surface area contributed by atoms with Gasteiger partial charge in [-0.3, -0.25) is 14.4 Å². The summed E-state index contributed by atoms with van der Waals surface area (Å²) in [5.41, 5.74) is 11.4. The number of halogens is 1. The molecule has 3 rings (SSSR count). The number of nitrogens with one attached hydrogen (secondary N) is 1. The number of amides is 3. The lowest BCUT2D eigenvalue weighted by Gasteiger charge is -2.34. The van der Waals surface area contributed by atoms with Crippen molar-refractivity contribution in [2.75, 3.05) is 12.8 Å². The number of ether oxygens (including phenoxy) is 1. The number of para-hydroxylation sites is 1. The second kappa shape index (κ2) is 11.4. The van der Waals surface area contributed by atoms with Gasteiger partial charge in [0.25, 0.3) is 11.8 Å². The number of nitrogens with zero attached hydrogens (tertiary/aromatic N) is 2. The number of anilines is 1. The molecule has 1 aromatic heterocycles. The molecule has 0 aliphatic rings. The van der Waals surface area contributed by atoms with Crippen LogP contribution in [0.15, 0.2) is 48.5 Å². The van der Waals surface area contributed by atoms with Gasteiger partial charge in [-0.1, -0.05) is 37.3 Å². The maximum Gasteiger partial charge on any atom is 0.270 e. The Morgan fingerprint density at radius 3 is 2.38 bits per heavy atom. The number of carbonyl (C=O) groups excluding carboxylic acids is 3. The molecule has 0 saturated carbocycles. The van der Waals surface area contributed by atoms with E-state index in [9.17, 15) is 18.8 Å². The summed E-state index contributed by atoms with van der Waals surface area (Å²) in [4.78, 5) is 40.8. The number of aromatic nitrogens is 1. The zero-order chi connectivity index (χ0) is 27.3. The van der Waals surface area contributed by atoms with Crippen molar-refractivity contribution in [1.29, 1.82) is 0 Å². The van der Waals surface area contributed by atoms with Crippen LogP contribution in [0.1, 0.15) is 64.5 Å². The molecule has 0 aliphatic carbocycles. The minimum absolute atomic E-state index is 0.0432. The average molecular weight is 528 g/mol.